The average Bonchev–Trinajstić information content (AvgIpc) is 1.98. The Labute approximate surface area is 72.9 Å². The fourth-order valence-corrected chi connectivity index (χ4v) is 0.801. The Morgan fingerprint density at radius 1 is 1.50 bits per heavy atom. The van der Waals surface area contributed by atoms with Crippen LogP contribution in [0, 0.1) is 11.3 Å². The van der Waals surface area contributed by atoms with Crippen LogP contribution < -0.4 is 11.5 Å². The molecule has 5 heteroatoms. The van der Waals surface area contributed by atoms with Crippen molar-refractivity contribution in [3.63, 3.8) is 0 Å². The van der Waals surface area contributed by atoms with Gasteiger partial charge in [-0.25, -0.2) is 0 Å². The van der Waals surface area contributed by atoms with Crippen molar-refractivity contribution in [3.05, 3.63) is 0 Å². The van der Waals surface area contributed by atoms with E-state index < -0.39 is 0 Å². The van der Waals surface area contributed by atoms with Gasteiger partial charge in [-0.1, -0.05) is 13.8 Å². The molecule has 0 radical (unpaired) electrons. The minimum atomic E-state index is -0.0631. The molecule has 0 rings (SSSR count). The third-order valence-corrected chi connectivity index (χ3v) is 1.34. The van der Waals surface area contributed by atoms with Crippen molar-refractivity contribution in [1.29, 1.82) is 5.41 Å². The van der Waals surface area contributed by atoms with Crippen LogP contribution in [0.1, 0.15) is 13.8 Å². The molecule has 0 atom stereocenters. The number of guanidine groups is 2. The number of nitrogens with zero attached hydrogens (tertiary/aromatic N) is 2. The van der Waals surface area contributed by atoms with Crippen LogP contribution in [0.2, 0.25) is 0 Å². The zero-order chi connectivity index (χ0) is 9.72. The van der Waals surface area contributed by atoms with Crippen LogP contribution in [0.25, 0.3) is 0 Å². The lowest BCUT2D eigenvalue weighted by molar-refractivity contribution is 0.479. The molecular formula is C7H17N5. The number of rotatable bonds is 2. The van der Waals surface area contributed by atoms with Gasteiger partial charge in [0.1, 0.15) is 0 Å². The molecule has 0 fully saturated rings. The van der Waals surface area contributed by atoms with Crippen LogP contribution >= 0.6 is 0 Å². The summed E-state index contributed by atoms with van der Waals surface area (Å²) in [5.41, 5.74) is 10.8. The molecule has 70 valence electrons. The summed E-state index contributed by atoms with van der Waals surface area (Å²) in [6.07, 6.45) is 0. The fourth-order valence-electron chi connectivity index (χ4n) is 0.801. The van der Waals surface area contributed by atoms with Crippen LogP contribution in [0.15, 0.2) is 4.99 Å². The second-order valence-corrected chi connectivity index (χ2v) is 2.97. The highest BCUT2D eigenvalue weighted by Crippen LogP contribution is 1.96. The van der Waals surface area contributed by atoms with Crippen LogP contribution in [0.4, 0.5) is 0 Å². The molecule has 0 aliphatic rings. The standard InChI is InChI=1S/C7H17N5/c1-5(2)4-12(6(8)9)7(10)11-3/h5H,4H2,1-3H3,(H3,8,9)(H2,10,11). The molecule has 0 aromatic carbocycles. The van der Waals surface area contributed by atoms with E-state index in [1.807, 2.05) is 13.8 Å². The Hall–Kier alpha value is -1.26. The Morgan fingerprint density at radius 2 is 2.00 bits per heavy atom. The largest absolute Gasteiger partial charge is 0.370 e. The van der Waals surface area contributed by atoms with Gasteiger partial charge in [0.2, 0.25) is 0 Å². The highest BCUT2D eigenvalue weighted by atomic mass is 15.3. The van der Waals surface area contributed by atoms with E-state index in [2.05, 4.69) is 4.99 Å². The third kappa shape index (κ3) is 3.23. The number of aliphatic imine (C=N–C) groups is 1. The fraction of sp³-hybridized carbons (Fsp3) is 0.714. The lowest BCUT2D eigenvalue weighted by Crippen LogP contribution is -2.47. The molecule has 0 unspecified atom stereocenters. The molecule has 5 N–H and O–H groups in total. The van der Waals surface area contributed by atoms with E-state index >= 15 is 0 Å². The van der Waals surface area contributed by atoms with E-state index in [-0.39, 0.29) is 11.9 Å². The second-order valence-electron chi connectivity index (χ2n) is 2.97. The molecule has 0 spiro atoms. The second kappa shape index (κ2) is 4.58. The summed E-state index contributed by atoms with van der Waals surface area (Å²) in [6, 6.07) is 0. The van der Waals surface area contributed by atoms with Crippen LogP contribution in [-0.2, 0) is 0 Å². The normalized spacial score (nSPS) is 11.8. The van der Waals surface area contributed by atoms with Gasteiger partial charge >= 0.3 is 0 Å². The lowest BCUT2D eigenvalue weighted by atomic mass is 10.2. The Balaban J connectivity index is 4.34. The molecule has 0 aliphatic carbocycles. The molecule has 0 aromatic rings. The van der Waals surface area contributed by atoms with E-state index in [9.17, 15) is 0 Å². The van der Waals surface area contributed by atoms with Crippen molar-refractivity contribution in [2.75, 3.05) is 13.6 Å². The van der Waals surface area contributed by atoms with Gasteiger partial charge in [0.15, 0.2) is 11.9 Å². The number of hydrogen-bond acceptors (Lipinski definition) is 2. The Morgan fingerprint density at radius 3 is 2.25 bits per heavy atom. The summed E-state index contributed by atoms with van der Waals surface area (Å²) in [5.74, 6) is 0.622. The minimum absolute atomic E-state index is 0.0631. The highest BCUT2D eigenvalue weighted by molar-refractivity contribution is 5.95. The SMILES string of the molecule is CN=C(N)N(CC(C)C)C(=N)N. The van der Waals surface area contributed by atoms with E-state index in [4.69, 9.17) is 16.9 Å². The van der Waals surface area contributed by atoms with Crippen LogP contribution in [0.5, 0.6) is 0 Å². The predicted octanol–water partition coefficient (Wildman–Crippen LogP) is -0.218. The third-order valence-electron chi connectivity index (χ3n) is 1.34. The number of hydrogen-bond donors (Lipinski definition) is 3. The Kier molecular flexibility index (Phi) is 4.10. The molecule has 0 aliphatic heterocycles. The summed E-state index contributed by atoms with van der Waals surface area (Å²) in [4.78, 5) is 5.24. The van der Waals surface area contributed by atoms with Crippen molar-refractivity contribution in [3.8, 4) is 0 Å². The summed E-state index contributed by atoms with van der Waals surface area (Å²) in [7, 11) is 1.58. The van der Waals surface area contributed by atoms with Gasteiger partial charge in [0.25, 0.3) is 0 Å². The molecule has 0 amide bonds. The molecule has 5 nitrogen and oxygen atoms in total. The quantitative estimate of drug-likeness (QED) is 0.396. The molecule has 0 saturated carbocycles. The van der Waals surface area contributed by atoms with Gasteiger partial charge in [-0.2, -0.15) is 0 Å². The zero-order valence-electron chi connectivity index (χ0n) is 7.83. The Bertz CT molecular complexity index is 184. The van der Waals surface area contributed by atoms with Gasteiger partial charge in [-0.05, 0) is 5.92 Å². The number of nitrogens with two attached hydrogens (primary N) is 2. The van der Waals surface area contributed by atoms with E-state index in [1.165, 1.54) is 4.90 Å². The minimum Gasteiger partial charge on any atom is -0.370 e. The summed E-state index contributed by atoms with van der Waals surface area (Å²) in [6.45, 7) is 4.68. The molecule has 12 heavy (non-hydrogen) atoms. The van der Waals surface area contributed by atoms with Gasteiger partial charge in [0.05, 0.1) is 0 Å². The summed E-state index contributed by atoms with van der Waals surface area (Å²) < 4.78 is 0. The van der Waals surface area contributed by atoms with Crippen molar-refractivity contribution in [1.82, 2.24) is 4.90 Å². The molecular weight excluding hydrogens is 154 g/mol. The molecule has 0 saturated heterocycles. The predicted molar refractivity (Wildman–Crippen MR) is 51.0 cm³/mol. The van der Waals surface area contributed by atoms with Crippen molar-refractivity contribution < 1.29 is 0 Å². The first-order valence-electron chi connectivity index (χ1n) is 3.82. The van der Waals surface area contributed by atoms with Gasteiger partial charge in [-0.3, -0.25) is 15.3 Å². The first-order chi connectivity index (χ1) is 5.49. The monoisotopic (exact) mass is 171 g/mol. The van der Waals surface area contributed by atoms with E-state index in [1.54, 1.807) is 7.05 Å². The first kappa shape index (κ1) is 10.7. The maximum Gasteiger partial charge on any atom is 0.197 e. The highest BCUT2D eigenvalue weighted by Gasteiger charge is 2.11. The van der Waals surface area contributed by atoms with Gasteiger partial charge in [0, 0.05) is 13.6 Å². The van der Waals surface area contributed by atoms with Crippen molar-refractivity contribution >= 4 is 11.9 Å². The average molecular weight is 171 g/mol. The topological polar surface area (TPSA) is 91.5 Å². The van der Waals surface area contributed by atoms with Gasteiger partial charge < -0.3 is 11.5 Å². The zero-order valence-corrected chi connectivity index (χ0v) is 7.83. The van der Waals surface area contributed by atoms with Crippen molar-refractivity contribution in [2.45, 2.75) is 13.8 Å². The van der Waals surface area contributed by atoms with Gasteiger partial charge in [-0.15, -0.1) is 0 Å². The first-order valence-corrected chi connectivity index (χ1v) is 3.82. The maximum atomic E-state index is 7.22. The molecule has 0 heterocycles. The van der Waals surface area contributed by atoms with Crippen LogP contribution in [-0.4, -0.2) is 30.4 Å². The lowest BCUT2D eigenvalue weighted by Gasteiger charge is -2.22. The van der Waals surface area contributed by atoms with Crippen molar-refractivity contribution in [2.24, 2.45) is 22.4 Å². The maximum absolute atomic E-state index is 7.22. The summed E-state index contributed by atoms with van der Waals surface area (Å²) in [5, 5.41) is 7.22. The van der Waals surface area contributed by atoms with E-state index in [0.29, 0.717) is 12.5 Å². The number of nitrogens with one attached hydrogen (secondary N) is 1. The van der Waals surface area contributed by atoms with E-state index in [0.717, 1.165) is 0 Å². The molecule has 0 aromatic heterocycles. The molecule has 0 bridgehead atoms. The smallest absolute Gasteiger partial charge is 0.197 e. The van der Waals surface area contributed by atoms with Crippen LogP contribution in [0.3, 0.4) is 0 Å². The summed E-state index contributed by atoms with van der Waals surface area (Å²) >= 11 is 0.